The maximum atomic E-state index is 12.5. The lowest BCUT2D eigenvalue weighted by Crippen LogP contribution is -2.16. The molecule has 5 rings (SSSR count). The molecule has 0 amide bonds. The monoisotopic (exact) mass is 482 g/mol. The maximum absolute atomic E-state index is 12.5. The largest absolute Gasteiger partial charge is 0.456 e. The van der Waals surface area contributed by atoms with Crippen LogP contribution in [0, 0.1) is 0 Å². The highest BCUT2D eigenvalue weighted by Gasteiger charge is 2.17. The van der Waals surface area contributed by atoms with Crippen molar-refractivity contribution in [2.24, 2.45) is 0 Å². The number of carbonyl (C=O) groups is 2. The number of aromatic nitrogens is 4. The summed E-state index contributed by atoms with van der Waals surface area (Å²) in [4.78, 5) is 48.9. The van der Waals surface area contributed by atoms with Crippen LogP contribution in [-0.4, -0.2) is 32.3 Å². The van der Waals surface area contributed by atoms with E-state index < -0.39 is 11.9 Å². The predicted octanol–water partition coefficient (Wildman–Crippen LogP) is 2.87. The number of hydrogen-bond acceptors (Lipinski definition) is 8. The van der Waals surface area contributed by atoms with Crippen LogP contribution in [0.5, 0.6) is 0 Å². The molecule has 10 heteroatoms. The van der Waals surface area contributed by atoms with Gasteiger partial charge in [-0.3, -0.25) is 9.59 Å². The molecule has 2 aromatic heterocycles. The van der Waals surface area contributed by atoms with Gasteiger partial charge in [-0.25, -0.2) is 19.8 Å². The van der Waals surface area contributed by atoms with Crippen molar-refractivity contribution in [1.29, 1.82) is 0 Å². The highest BCUT2D eigenvalue weighted by atomic mass is 16.5. The third-order valence-electron chi connectivity index (χ3n) is 5.54. The van der Waals surface area contributed by atoms with E-state index in [1.54, 1.807) is 72.8 Å². The Morgan fingerprint density at radius 1 is 0.583 bits per heavy atom. The van der Waals surface area contributed by atoms with Crippen LogP contribution >= 0.6 is 0 Å². The fourth-order valence-corrected chi connectivity index (χ4v) is 3.71. The first-order valence-electron chi connectivity index (χ1n) is 10.9. The van der Waals surface area contributed by atoms with Gasteiger partial charge in [-0.2, -0.15) is 10.2 Å². The van der Waals surface area contributed by atoms with Crippen molar-refractivity contribution in [2.75, 3.05) is 0 Å². The highest BCUT2D eigenvalue weighted by Crippen LogP contribution is 2.16. The van der Waals surface area contributed by atoms with Gasteiger partial charge in [0.25, 0.3) is 11.1 Å². The number of nitrogens with zero attached hydrogens (tertiary/aromatic N) is 2. The zero-order valence-corrected chi connectivity index (χ0v) is 18.7. The van der Waals surface area contributed by atoms with E-state index in [1.165, 1.54) is 0 Å². The second-order valence-electron chi connectivity index (χ2n) is 7.86. The number of fused-ring (bicyclic) bond motifs is 2. The second kappa shape index (κ2) is 9.63. The molecule has 0 aliphatic carbocycles. The first-order valence-corrected chi connectivity index (χ1v) is 10.9. The minimum atomic E-state index is -0.666. The number of benzene rings is 3. The predicted molar refractivity (Wildman–Crippen MR) is 129 cm³/mol. The molecule has 0 unspecified atom stereocenters. The minimum Gasteiger partial charge on any atom is -0.456 e. The van der Waals surface area contributed by atoms with Gasteiger partial charge in [0.15, 0.2) is 11.4 Å². The Morgan fingerprint density at radius 3 is 1.33 bits per heavy atom. The topological polar surface area (TPSA) is 144 Å². The summed E-state index contributed by atoms with van der Waals surface area (Å²) in [5, 5.41) is 13.8. The Labute approximate surface area is 202 Å². The SMILES string of the molecule is O=C(OCc1ccc(COC(=O)c2n[nH]c(=O)c3ccccc23)cc1)c1n[nH]c(=O)c2ccccc12. The van der Waals surface area contributed by atoms with Crippen molar-refractivity contribution < 1.29 is 19.1 Å². The zero-order chi connectivity index (χ0) is 25.1. The molecule has 178 valence electrons. The number of rotatable bonds is 6. The molecule has 5 aromatic rings. The van der Waals surface area contributed by atoms with E-state index in [0.29, 0.717) is 32.7 Å². The van der Waals surface area contributed by atoms with Crippen LogP contribution in [0.25, 0.3) is 21.5 Å². The molecule has 0 aliphatic heterocycles. The van der Waals surface area contributed by atoms with E-state index in [9.17, 15) is 19.2 Å². The first kappa shape index (κ1) is 22.7. The molecular formula is C26H18N4O6. The Bertz CT molecular complexity index is 1600. The molecule has 36 heavy (non-hydrogen) atoms. The first-order chi connectivity index (χ1) is 17.5. The van der Waals surface area contributed by atoms with Crippen molar-refractivity contribution in [3.8, 4) is 0 Å². The number of esters is 2. The molecule has 0 spiro atoms. The lowest BCUT2D eigenvalue weighted by molar-refractivity contribution is 0.0454. The van der Waals surface area contributed by atoms with Gasteiger partial charge in [0.05, 0.1) is 10.8 Å². The summed E-state index contributed by atoms with van der Waals surface area (Å²) in [7, 11) is 0. The number of ether oxygens (including phenoxy) is 2. The van der Waals surface area contributed by atoms with E-state index >= 15 is 0 Å². The van der Waals surface area contributed by atoms with Crippen LogP contribution in [0.3, 0.4) is 0 Å². The molecule has 0 radical (unpaired) electrons. The van der Waals surface area contributed by atoms with E-state index in [-0.39, 0.29) is 35.7 Å². The third-order valence-corrected chi connectivity index (χ3v) is 5.54. The van der Waals surface area contributed by atoms with Crippen molar-refractivity contribution in [3.63, 3.8) is 0 Å². The maximum Gasteiger partial charge on any atom is 0.359 e. The van der Waals surface area contributed by atoms with Gasteiger partial charge in [0.2, 0.25) is 0 Å². The summed E-state index contributed by atoms with van der Waals surface area (Å²) in [5.74, 6) is -1.33. The van der Waals surface area contributed by atoms with Crippen LogP contribution in [-0.2, 0) is 22.7 Å². The molecule has 3 aromatic carbocycles. The molecule has 0 bridgehead atoms. The third kappa shape index (κ3) is 4.47. The van der Waals surface area contributed by atoms with Crippen LogP contribution < -0.4 is 11.1 Å². The van der Waals surface area contributed by atoms with Gasteiger partial charge in [0, 0.05) is 10.8 Å². The minimum absolute atomic E-state index is 0.0126. The van der Waals surface area contributed by atoms with Crippen molar-refractivity contribution in [2.45, 2.75) is 13.2 Å². The molecule has 0 saturated heterocycles. The molecule has 2 heterocycles. The van der Waals surface area contributed by atoms with Crippen molar-refractivity contribution in [1.82, 2.24) is 20.4 Å². The van der Waals surface area contributed by atoms with Gasteiger partial charge >= 0.3 is 11.9 Å². The standard InChI is InChI=1S/C26H18N4O6/c31-23-19-7-3-1-5-17(19)21(27-29-23)25(33)35-13-15-9-11-16(12-10-15)14-36-26(34)22-18-6-2-4-8-20(18)24(32)30-28-22/h1-12H,13-14H2,(H,29,31)(H,30,32). The number of H-pyrrole nitrogens is 2. The Kier molecular flexibility index (Phi) is 6.06. The molecule has 0 fully saturated rings. The lowest BCUT2D eigenvalue weighted by Gasteiger charge is -2.08. The smallest absolute Gasteiger partial charge is 0.359 e. The van der Waals surface area contributed by atoms with Crippen LogP contribution in [0.2, 0.25) is 0 Å². The average Bonchev–Trinajstić information content (AvgIpc) is 2.92. The van der Waals surface area contributed by atoms with Crippen LogP contribution in [0.1, 0.15) is 32.1 Å². The van der Waals surface area contributed by atoms with E-state index in [4.69, 9.17) is 9.47 Å². The summed E-state index contributed by atoms with van der Waals surface area (Å²) < 4.78 is 10.7. The van der Waals surface area contributed by atoms with E-state index in [1.807, 2.05) is 0 Å². The van der Waals surface area contributed by atoms with Gasteiger partial charge in [-0.1, -0.05) is 60.7 Å². The Balaban J connectivity index is 1.22. The summed E-state index contributed by atoms with van der Waals surface area (Å²) >= 11 is 0. The number of hydrogen-bond donors (Lipinski definition) is 2. The van der Waals surface area contributed by atoms with Crippen LogP contribution in [0.15, 0.2) is 82.4 Å². The van der Waals surface area contributed by atoms with Crippen molar-refractivity contribution in [3.05, 3.63) is 116 Å². The number of nitrogens with one attached hydrogen (secondary N) is 2. The summed E-state index contributed by atoms with van der Waals surface area (Å²) in [6.07, 6.45) is 0. The molecule has 10 nitrogen and oxygen atoms in total. The quantitative estimate of drug-likeness (QED) is 0.352. The molecular weight excluding hydrogens is 464 g/mol. The fourth-order valence-electron chi connectivity index (χ4n) is 3.71. The average molecular weight is 482 g/mol. The zero-order valence-electron chi connectivity index (χ0n) is 18.7. The number of carbonyl (C=O) groups excluding carboxylic acids is 2. The highest BCUT2D eigenvalue weighted by molar-refractivity contribution is 6.02. The van der Waals surface area contributed by atoms with Gasteiger partial charge in [0.1, 0.15) is 13.2 Å². The molecule has 2 N–H and O–H groups in total. The Hall–Kier alpha value is -5.12. The molecule has 0 aliphatic rings. The second-order valence-corrected chi connectivity index (χ2v) is 7.86. The summed E-state index contributed by atoms with van der Waals surface area (Å²) in [6.45, 7) is -0.0252. The summed E-state index contributed by atoms with van der Waals surface area (Å²) in [5.41, 5.74) is 0.695. The number of aromatic amines is 2. The molecule has 0 atom stereocenters. The van der Waals surface area contributed by atoms with Crippen molar-refractivity contribution >= 4 is 33.5 Å². The Morgan fingerprint density at radius 2 is 0.944 bits per heavy atom. The van der Waals surface area contributed by atoms with E-state index in [0.717, 1.165) is 0 Å². The van der Waals surface area contributed by atoms with Gasteiger partial charge in [-0.05, 0) is 23.3 Å². The molecule has 0 saturated carbocycles. The van der Waals surface area contributed by atoms with Gasteiger partial charge in [-0.15, -0.1) is 0 Å². The summed E-state index contributed by atoms with van der Waals surface area (Å²) in [6, 6.07) is 20.3. The lowest BCUT2D eigenvalue weighted by atomic mass is 10.1. The normalized spacial score (nSPS) is 10.9. The van der Waals surface area contributed by atoms with Gasteiger partial charge < -0.3 is 9.47 Å². The van der Waals surface area contributed by atoms with Crippen LogP contribution in [0.4, 0.5) is 0 Å². The van der Waals surface area contributed by atoms with E-state index in [2.05, 4.69) is 20.4 Å². The fraction of sp³-hybridized carbons (Fsp3) is 0.0769.